The molecule has 1 saturated heterocycles. The van der Waals surface area contributed by atoms with Crippen LogP contribution in [0.2, 0.25) is 0 Å². The van der Waals surface area contributed by atoms with Crippen LogP contribution in [0, 0.1) is 13.8 Å². The quantitative estimate of drug-likeness (QED) is 0.467. The molecule has 0 aliphatic carbocycles. The van der Waals surface area contributed by atoms with Crippen LogP contribution in [0.4, 0.5) is 18.9 Å². The van der Waals surface area contributed by atoms with E-state index in [-0.39, 0.29) is 12.2 Å². The molecule has 0 unspecified atom stereocenters. The van der Waals surface area contributed by atoms with Crippen LogP contribution < -0.4 is 5.32 Å². The number of thiocarbonyl (C=S) groups is 1. The number of anilines is 1. The van der Waals surface area contributed by atoms with Crippen molar-refractivity contribution >= 4 is 29.0 Å². The molecule has 1 N–H and O–H groups in total. The van der Waals surface area contributed by atoms with E-state index in [1.54, 1.807) is 12.1 Å². The highest BCUT2D eigenvalue weighted by Crippen LogP contribution is 2.30. The van der Waals surface area contributed by atoms with Gasteiger partial charge in [0.05, 0.1) is 11.1 Å². The minimum Gasteiger partial charge on any atom is -0.457 e. The van der Waals surface area contributed by atoms with Crippen LogP contribution in [0.3, 0.4) is 0 Å². The highest BCUT2D eigenvalue weighted by molar-refractivity contribution is 7.80. The van der Waals surface area contributed by atoms with E-state index in [0.717, 1.165) is 54.9 Å². The summed E-state index contributed by atoms with van der Waals surface area (Å²) < 4.78 is 43.8. The summed E-state index contributed by atoms with van der Waals surface area (Å²) >= 11 is 5.52. The Morgan fingerprint density at radius 3 is 2.48 bits per heavy atom. The van der Waals surface area contributed by atoms with Gasteiger partial charge in [0.2, 0.25) is 0 Å². The van der Waals surface area contributed by atoms with Crippen LogP contribution in [0.15, 0.2) is 36.4 Å². The minimum absolute atomic E-state index is 0.236. The molecule has 0 saturated carbocycles. The summed E-state index contributed by atoms with van der Waals surface area (Å²) in [6, 6.07) is 8.19. The fraction of sp³-hybridized carbons (Fsp3) is 0.391. The number of carbonyl (C=O) groups is 1. The first-order chi connectivity index (χ1) is 14.7. The highest BCUT2D eigenvalue weighted by atomic mass is 32.1. The SMILES string of the molecule is Cc1c(NC(=S)N2CCCCC2)ccc(C(=O)OCc2cccc(C(F)(F)F)c2)c1C. The van der Waals surface area contributed by atoms with E-state index in [4.69, 9.17) is 17.0 Å². The lowest BCUT2D eigenvalue weighted by Crippen LogP contribution is -2.38. The van der Waals surface area contributed by atoms with Crippen LogP contribution in [0.5, 0.6) is 0 Å². The monoisotopic (exact) mass is 450 g/mol. The number of nitrogens with zero attached hydrogens (tertiary/aromatic N) is 1. The van der Waals surface area contributed by atoms with Gasteiger partial charge < -0.3 is 15.0 Å². The summed E-state index contributed by atoms with van der Waals surface area (Å²) in [6.07, 6.45) is -0.979. The maximum Gasteiger partial charge on any atom is 0.416 e. The molecule has 3 rings (SSSR count). The number of halogens is 3. The fourth-order valence-electron chi connectivity index (χ4n) is 3.53. The molecule has 1 heterocycles. The van der Waals surface area contributed by atoms with Crippen LogP contribution in [0.25, 0.3) is 0 Å². The van der Waals surface area contributed by atoms with Crippen molar-refractivity contribution in [3.05, 3.63) is 64.2 Å². The predicted octanol–water partition coefficient (Wildman–Crippen LogP) is 5.86. The van der Waals surface area contributed by atoms with Gasteiger partial charge in [-0.05, 0) is 86.3 Å². The normalized spacial score (nSPS) is 14.3. The van der Waals surface area contributed by atoms with E-state index in [9.17, 15) is 18.0 Å². The van der Waals surface area contributed by atoms with Crippen molar-refractivity contribution in [3.8, 4) is 0 Å². The first-order valence-corrected chi connectivity index (χ1v) is 10.6. The summed E-state index contributed by atoms with van der Waals surface area (Å²) in [5, 5.41) is 3.93. The number of hydrogen-bond donors (Lipinski definition) is 1. The molecule has 2 aromatic carbocycles. The molecule has 0 bridgehead atoms. The summed E-state index contributed by atoms with van der Waals surface area (Å²) in [6.45, 7) is 5.33. The number of benzene rings is 2. The van der Waals surface area contributed by atoms with E-state index in [2.05, 4.69) is 10.2 Å². The first kappa shape index (κ1) is 23.1. The molecular weight excluding hydrogens is 425 g/mol. The van der Waals surface area contributed by atoms with E-state index < -0.39 is 17.7 Å². The number of alkyl halides is 3. The van der Waals surface area contributed by atoms with Crippen molar-refractivity contribution in [2.75, 3.05) is 18.4 Å². The Balaban J connectivity index is 1.67. The standard InChI is InChI=1S/C23H25F3N2O2S/c1-15-16(2)20(27-22(31)28-11-4-3-5-12-28)10-9-19(15)21(29)30-14-17-7-6-8-18(13-17)23(24,25)26/h6-10,13H,3-5,11-12,14H2,1-2H3,(H,27,31). The van der Waals surface area contributed by atoms with Crippen molar-refractivity contribution in [2.45, 2.75) is 45.9 Å². The minimum atomic E-state index is -4.44. The number of carbonyl (C=O) groups excluding carboxylic acids is 1. The number of nitrogens with one attached hydrogen (secondary N) is 1. The Morgan fingerprint density at radius 1 is 1.10 bits per heavy atom. The zero-order valence-electron chi connectivity index (χ0n) is 17.5. The van der Waals surface area contributed by atoms with Crippen LogP contribution >= 0.6 is 12.2 Å². The second-order valence-corrected chi connectivity index (χ2v) is 8.05. The average molecular weight is 451 g/mol. The lowest BCUT2D eigenvalue weighted by Gasteiger charge is -2.29. The van der Waals surface area contributed by atoms with Gasteiger partial charge in [-0.15, -0.1) is 0 Å². The van der Waals surface area contributed by atoms with Crippen LogP contribution in [-0.4, -0.2) is 29.1 Å². The molecule has 1 aliphatic rings. The van der Waals surface area contributed by atoms with Crippen LogP contribution in [0.1, 0.15) is 51.9 Å². The maximum absolute atomic E-state index is 12.9. The van der Waals surface area contributed by atoms with Gasteiger partial charge in [0.1, 0.15) is 6.61 Å². The van der Waals surface area contributed by atoms with E-state index in [1.165, 1.54) is 18.6 Å². The van der Waals surface area contributed by atoms with E-state index in [1.807, 2.05) is 13.8 Å². The molecule has 0 spiro atoms. The Labute approximate surface area is 185 Å². The average Bonchev–Trinajstić information content (AvgIpc) is 2.75. The third-order valence-corrected chi connectivity index (χ3v) is 5.88. The van der Waals surface area contributed by atoms with E-state index in [0.29, 0.717) is 10.7 Å². The van der Waals surface area contributed by atoms with E-state index >= 15 is 0 Å². The third kappa shape index (κ3) is 5.76. The maximum atomic E-state index is 12.9. The first-order valence-electron chi connectivity index (χ1n) is 10.2. The Morgan fingerprint density at radius 2 is 1.81 bits per heavy atom. The van der Waals surface area contributed by atoms with Gasteiger partial charge in [-0.2, -0.15) is 13.2 Å². The molecule has 0 aromatic heterocycles. The van der Waals surface area contributed by atoms with Gasteiger partial charge in [-0.1, -0.05) is 12.1 Å². The van der Waals surface area contributed by atoms with Crippen molar-refractivity contribution in [1.82, 2.24) is 4.90 Å². The van der Waals surface area contributed by atoms with Crippen molar-refractivity contribution in [3.63, 3.8) is 0 Å². The number of piperidine rings is 1. The molecule has 0 atom stereocenters. The van der Waals surface area contributed by atoms with Gasteiger partial charge in [0.25, 0.3) is 0 Å². The number of likely N-dealkylation sites (tertiary alicyclic amines) is 1. The van der Waals surface area contributed by atoms with Gasteiger partial charge in [0.15, 0.2) is 5.11 Å². The van der Waals surface area contributed by atoms with Gasteiger partial charge in [-0.3, -0.25) is 0 Å². The largest absolute Gasteiger partial charge is 0.457 e. The Hall–Kier alpha value is -2.61. The lowest BCUT2D eigenvalue weighted by atomic mass is 10.0. The van der Waals surface area contributed by atoms with Crippen molar-refractivity contribution in [2.24, 2.45) is 0 Å². The topological polar surface area (TPSA) is 41.6 Å². The van der Waals surface area contributed by atoms with Gasteiger partial charge >= 0.3 is 12.1 Å². The number of hydrogen-bond acceptors (Lipinski definition) is 3. The van der Waals surface area contributed by atoms with Crippen molar-refractivity contribution in [1.29, 1.82) is 0 Å². The highest BCUT2D eigenvalue weighted by Gasteiger charge is 2.30. The number of rotatable bonds is 4. The number of esters is 1. The second kappa shape index (κ2) is 9.68. The summed E-state index contributed by atoms with van der Waals surface area (Å²) in [5.41, 5.74) is 2.31. The smallest absolute Gasteiger partial charge is 0.416 e. The Bertz CT molecular complexity index is 970. The molecule has 8 heteroatoms. The third-order valence-electron chi connectivity index (χ3n) is 5.52. The Kier molecular flexibility index (Phi) is 7.20. The molecule has 4 nitrogen and oxygen atoms in total. The summed E-state index contributed by atoms with van der Waals surface area (Å²) in [7, 11) is 0. The molecule has 1 aliphatic heterocycles. The molecule has 0 amide bonds. The zero-order valence-corrected chi connectivity index (χ0v) is 18.3. The molecule has 166 valence electrons. The van der Waals surface area contributed by atoms with Crippen LogP contribution in [-0.2, 0) is 17.5 Å². The predicted molar refractivity (Wildman–Crippen MR) is 118 cm³/mol. The number of ether oxygens (including phenoxy) is 1. The molecule has 1 fully saturated rings. The fourth-order valence-corrected chi connectivity index (χ4v) is 3.83. The molecule has 0 radical (unpaired) electrons. The van der Waals surface area contributed by atoms with Crippen molar-refractivity contribution < 1.29 is 22.7 Å². The molecular formula is C23H25F3N2O2S. The second-order valence-electron chi connectivity index (χ2n) is 7.66. The van der Waals surface area contributed by atoms with Gasteiger partial charge in [-0.25, -0.2) is 4.79 Å². The lowest BCUT2D eigenvalue weighted by molar-refractivity contribution is -0.137. The zero-order chi connectivity index (χ0) is 22.6. The van der Waals surface area contributed by atoms with Gasteiger partial charge in [0, 0.05) is 18.8 Å². The summed E-state index contributed by atoms with van der Waals surface area (Å²) in [4.78, 5) is 14.7. The molecule has 31 heavy (non-hydrogen) atoms. The molecule has 2 aromatic rings. The summed E-state index contributed by atoms with van der Waals surface area (Å²) in [5.74, 6) is -0.580.